The number of carbonyl (C=O) groups excluding carboxylic acids is 2. The molecule has 1 aliphatic rings. The summed E-state index contributed by atoms with van der Waals surface area (Å²) < 4.78 is 17.0. The second kappa shape index (κ2) is 11.0. The minimum absolute atomic E-state index is 0.000972. The summed E-state index contributed by atoms with van der Waals surface area (Å²) in [7, 11) is 1.55. The number of rotatable bonds is 8. The van der Waals surface area contributed by atoms with E-state index in [-0.39, 0.29) is 17.4 Å². The van der Waals surface area contributed by atoms with Crippen LogP contribution in [0.3, 0.4) is 0 Å². The first-order valence-electron chi connectivity index (χ1n) is 12.6. The highest BCUT2D eigenvalue weighted by Crippen LogP contribution is 2.44. The maximum absolute atomic E-state index is 13.5. The molecule has 1 unspecified atom stereocenters. The molecule has 0 spiro atoms. The third-order valence-corrected chi connectivity index (χ3v) is 6.34. The summed E-state index contributed by atoms with van der Waals surface area (Å²) in [6, 6.07) is 17.0. The van der Waals surface area contributed by atoms with Crippen molar-refractivity contribution >= 4 is 23.1 Å². The molecule has 3 aromatic carbocycles. The first-order chi connectivity index (χ1) is 18.2. The summed E-state index contributed by atoms with van der Waals surface area (Å²) in [5, 5.41) is 11.5. The topological polar surface area (TPSA) is 85.3 Å². The molecule has 0 radical (unpaired) electrons. The zero-order valence-electron chi connectivity index (χ0n) is 22.6. The lowest BCUT2D eigenvalue weighted by molar-refractivity contribution is -0.132. The number of hydrogen-bond donors (Lipinski definition) is 1. The number of ether oxygens (including phenoxy) is 3. The van der Waals surface area contributed by atoms with Gasteiger partial charge in [-0.3, -0.25) is 14.5 Å². The molecule has 1 fully saturated rings. The third-order valence-electron chi connectivity index (χ3n) is 6.34. The number of aliphatic hydroxyl groups excluding tert-OH is 1. The molecule has 1 atom stereocenters. The third kappa shape index (κ3) is 5.09. The van der Waals surface area contributed by atoms with Gasteiger partial charge in [0.05, 0.1) is 31.4 Å². The van der Waals surface area contributed by atoms with Crippen molar-refractivity contribution in [1.82, 2.24) is 0 Å². The summed E-state index contributed by atoms with van der Waals surface area (Å²) in [5.74, 6) is -0.0375. The molecule has 1 amide bonds. The van der Waals surface area contributed by atoms with Crippen LogP contribution in [0, 0.1) is 13.8 Å². The highest BCUT2D eigenvalue weighted by Gasteiger charge is 2.47. The monoisotopic (exact) mass is 515 g/mol. The maximum Gasteiger partial charge on any atom is 0.300 e. The van der Waals surface area contributed by atoms with Crippen molar-refractivity contribution in [3.63, 3.8) is 0 Å². The van der Waals surface area contributed by atoms with E-state index in [0.29, 0.717) is 40.7 Å². The Hall–Kier alpha value is -4.26. The van der Waals surface area contributed by atoms with Gasteiger partial charge in [0.2, 0.25) is 0 Å². The molecule has 0 aliphatic carbocycles. The Balaban J connectivity index is 1.93. The van der Waals surface area contributed by atoms with Gasteiger partial charge in [-0.2, -0.15) is 0 Å². The van der Waals surface area contributed by atoms with Crippen LogP contribution in [0.5, 0.6) is 17.2 Å². The van der Waals surface area contributed by atoms with Crippen LogP contribution in [-0.2, 0) is 9.59 Å². The minimum Gasteiger partial charge on any atom is -0.507 e. The Labute approximate surface area is 223 Å². The molecule has 0 bridgehead atoms. The lowest BCUT2D eigenvalue weighted by Crippen LogP contribution is -2.29. The zero-order valence-corrected chi connectivity index (χ0v) is 22.6. The second-order valence-corrected chi connectivity index (χ2v) is 9.50. The Morgan fingerprint density at radius 1 is 0.974 bits per heavy atom. The van der Waals surface area contributed by atoms with Gasteiger partial charge in [0.25, 0.3) is 11.7 Å². The van der Waals surface area contributed by atoms with E-state index in [0.717, 1.165) is 11.1 Å². The number of aliphatic hydroxyl groups is 1. The summed E-state index contributed by atoms with van der Waals surface area (Å²) in [6.45, 7) is 9.92. The van der Waals surface area contributed by atoms with Gasteiger partial charge in [0.1, 0.15) is 11.5 Å². The van der Waals surface area contributed by atoms with Crippen molar-refractivity contribution in [1.29, 1.82) is 0 Å². The number of carbonyl (C=O) groups is 2. The van der Waals surface area contributed by atoms with Crippen molar-refractivity contribution in [2.75, 3.05) is 18.6 Å². The van der Waals surface area contributed by atoms with E-state index in [1.807, 2.05) is 52.8 Å². The Morgan fingerprint density at radius 3 is 2.34 bits per heavy atom. The van der Waals surface area contributed by atoms with Crippen LogP contribution in [-0.4, -0.2) is 36.6 Å². The highest BCUT2D eigenvalue weighted by atomic mass is 16.5. The van der Waals surface area contributed by atoms with E-state index in [1.165, 1.54) is 4.90 Å². The van der Waals surface area contributed by atoms with Crippen molar-refractivity contribution < 1.29 is 28.9 Å². The van der Waals surface area contributed by atoms with Crippen LogP contribution in [0.25, 0.3) is 5.76 Å². The fraction of sp³-hybridized carbons (Fsp3) is 0.290. The molecule has 1 aliphatic heterocycles. The van der Waals surface area contributed by atoms with Gasteiger partial charge >= 0.3 is 0 Å². The molecule has 7 heteroatoms. The smallest absolute Gasteiger partial charge is 0.300 e. The van der Waals surface area contributed by atoms with Gasteiger partial charge in [-0.15, -0.1) is 0 Å². The molecule has 7 nitrogen and oxygen atoms in total. The quantitative estimate of drug-likeness (QED) is 0.221. The average Bonchev–Trinajstić information content (AvgIpc) is 3.15. The number of aryl methyl sites for hydroxylation is 2. The number of amides is 1. The molecule has 1 heterocycles. The number of benzene rings is 3. The number of anilines is 1. The second-order valence-electron chi connectivity index (χ2n) is 9.50. The van der Waals surface area contributed by atoms with E-state index in [4.69, 9.17) is 14.2 Å². The first kappa shape index (κ1) is 26.8. The Kier molecular flexibility index (Phi) is 7.76. The Bertz CT molecular complexity index is 1410. The van der Waals surface area contributed by atoms with Crippen LogP contribution < -0.4 is 19.1 Å². The molecule has 0 aromatic heterocycles. The predicted octanol–water partition coefficient (Wildman–Crippen LogP) is 6.12. The number of hydrogen-bond acceptors (Lipinski definition) is 6. The normalized spacial score (nSPS) is 16.7. The first-order valence-corrected chi connectivity index (χ1v) is 12.6. The summed E-state index contributed by atoms with van der Waals surface area (Å²) in [6.07, 6.45) is -0.0117. The van der Waals surface area contributed by atoms with Crippen molar-refractivity contribution in [3.05, 3.63) is 88.5 Å². The van der Waals surface area contributed by atoms with Crippen LogP contribution >= 0.6 is 0 Å². The summed E-state index contributed by atoms with van der Waals surface area (Å²) >= 11 is 0. The average molecular weight is 516 g/mol. The fourth-order valence-electron chi connectivity index (χ4n) is 4.66. The zero-order chi connectivity index (χ0) is 27.6. The highest BCUT2D eigenvalue weighted by molar-refractivity contribution is 6.51. The van der Waals surface area contributed by atoms with E-state index >= 15 is 0 Å². The molecule has 1 N–H and O–H groups in total. The largest absolute Gasteiger partial charge is 0.507 e. The lowest BCUT2D eigenvalue weighted by Gasteiger charge is -2.26. The van der Waals surface area contributed by atoms with Gasteiger partial charge in [-0.05, 0) is 93.8 Å². The molecule has 3 aromatic rings. The van der Waals surface area contributed by atoms with Gasteiger partial charge in [-0.1, -0.05) is 18.2 Å². The molecule has 1 saturated heterocycles. The van der Waals surface area contributed by atoms with E-state index < -0.39 is 17.7 Å². The summed E-state index contributed by atoms with van der Waals surface area (Å²) in [5.41, 5.74) is 3.32. The molecule has 0 saturated carbocycles. The molecular formula is C31H33NO6. The molecule has 4 rings (SSSR count). The number of methoxy groups -OCH3 is 1. The number of nitrogens with zero attached hydrogens (tertiary/aromatic N) is 1. The van der Waals surface area contributed by atoms with E-state index in [9.17, 15) is 14.7 Å². The predicted molar refractivity (Wildman–Crippen MR) is 147 cm³/mol. The van der Waals surface area contributed by atoms with Crippen molar-refractivity contribution in [2.45, 2.75) is 46.8 Å². The van der Waals surface area contributed by atoms with Gasteiger partial charge in [-0.25, -0.2) is 0 Å². The van der Waals surface area contributed by atoms with Gasteiger partial charge < -0.3 is 19.3 Å². The Morgan fingerprint density at radius 2 is 1.71 bits per heavy atom. The van der Waals surface area contributed by atoms with Crippen molar-refractivity contribution in [2.24, 2.45) is 0 Å². The van der Waals surface area contributed by atoms with Gasteiger partial charge in [0.15, 0.2) is 11.5 Å². The van der Waals surface area contributed by atoms with E-state index in [2.05, 4.69) is 0 Å². The molecule has 38 heavy (non-hydrogen) atoms. The van der Waals surface area contributed by atoms with Crippen LogP contribution in [0.4, 0.5) is 5.69 Å². The SMILES string of the molecule is CCOc1cc(C2/C(=C(/O)c3ccc(OC(C)C)c(C)c3)C(=O)C(=O)N2c2cccc(C)c2)ccc1OC. The van der Waals surface area contributed by atoms with Crippen LogP contribution in [0.15, 0.2) is 66.2 Å². The number of Topliss-reactive ketones (excluding diaryl/α,β-unsaturated/α-hetero) is 1. The van der Waals surface area contributed by atoms with E-state index in [1.54, 1.807) is 49.6 Å². The standard InChI is InChI=1S/C31H33NO6/c1-7-37-26-17-21(11-14-25(26)36-6)28-27(29(33)22-12-13-24(20(5)16-22)38-18(2)3)30(34)31(35)32(28)23-10-8-9-19(4)15-23/h8-18,28,33H,7H2,1-6H3/b29-27-. The number of ketones is 1. The van der Waals surface area contributed by atoms with Crippen LogP contribution in [0.1, 0.15) is 49.1 Å². The summed E-state index contributed by atoms with van der Waals surface area (Å²) in [4.78, 5) is 28.4. The lowest BCUT2D eigenvalue weighted by atomic mass is 9.94. The maximum atomic E-state index is 13.5. The fourth-order valence-corrected chi connectivity index (χ4v) is 4.66. The molecular weight excluding hydrogens is 482 g/mol. The minimum atomic E-state index is -0.881. The molecule has 198 valence electrons. The van der Waals surface area contributed by atoms with Crippen molar-refractivity contribution in [3.8, 4) is 17.2 Å². The van der Waals surface area contributed by atoms with Gasteiger partial charge in [0, 0.05) is 11.3 Å². The van der Waals surface area contributed by atoms with Crippen LogP contribution in [0.2, 0.25) is 0 Å².